The van der Waals surface area contributed by atoms with Crippen molar-refractivity contribution in [1.29, 1.82) is 0 Å². The van der Waals surface area contributed by atoms with Crippen LogP contribution in [0, 0.1) is 5.82 Å². The number of rotatable bonds is 3. The van der Waals surface area contributed by atoms with Gasteiger partial charge < -0.3 is 4.90 Å². The van der Waals surface area contributed by atoms with Crippen LogP contribution in [0.3, 0.4) is 0 Å². The highest BCUT2D eigenvalue weighted by atomic mass is 19.1. The maximum absolute atomic E-state index is 13.0. The fourth-order valence-electron chi connectivity index (χ4n) is 1.48. The van der Waals surface area contributed by atoms with E-state index in [-0.39, 0.29) is 5.82 Å². The highest BCUT2D eigenvalue weighted by Crippen LogP contribution is 2.11. The molecule has 0 N–H and O–H groups in total. The van der Waals surface area contributed by atoms with Gasteiger partial charge in [0.2, 0.25) is 0 Å². The summed E-state index contributed by atoms with van der Waals surface area (Å²) >= 11 is 0. The minimum atomic E-state index is -0.218. The van der Waals surface area contributed by atoms with Crippen LogP contribution in [-0.4, -0.2) is 17.0 Å². The van der Waals surface area contributed by atoms with Gasteiger partial charge in [-0.3, -0.25) is 4.98 Å². The van der Waals surface area contributed by atoms with Crippen molar-refractivity contribution in [2.45, 2.75) is 6.54 Å². The van der Waals surface area contributed by atoms with Gasteiger partial charge in [-0.05, 0) is 17.7 Å². The summed E-state index contributed by atoms with van der Waals surface area (Å²) in [5, 5.41) is 0. The highest BCUT2D eigenvalue weighted by Gasteiger charge is 2.03. The van der Waals surface area contributed by atoms with Crippen LogP contribution in [0.4, 0.5) is 10.2 Å². The fraction of sp³-hybridized carbons (Fsp3) is 0.167. The number of hydrogen-bond donors (Lipinski definition) is 0. The number of halogens is 1. The van der Waals surface area contributed by atoms with Crippen molar-refractivity contribution >= 4 is 5.82 Å². The lowest BCUT2D eigenvalue weighted by atomic mass is 10.2. The van der Waals surface area contributed by atoms with Crippen LogP contribution in [-0.2, 0) is 6.54 Å². The molecule has 0 spiro atoms. The molecule has 3 nitrogen and oxygen atoms in total. The maximum atomic E-state index is 13.0. The SMILES string of the molecule is CN(Cc1cccc(F)c1)c1cnccn1. The number of hydrogen-bond acceptors (Lipinski definition) is 3. The maximum Gasteiger partial charge on any atom is 0.147 e. The summed E-state index contributed by atoms with van der Waals surface area (Å²) in [6, 6.07) is 6.55. The summed E-state index contributed by atoms with van der Waals surface area (Å²) in [5.41, 5.74) is 0.910. The van der Waals surface area contributed by atoms with Gasteiger partial charge in [-0.15, -0.1) is 0 Å². The number of anilines is 1. The third-order valence-corrected chi connectivity index (χ3v) is 2.25. The van der Waals surface area contributed by atoms with E-state index in [1.54, 1.807) is 24.7 Å². The third-order valence-electron chi connectivity index (χ3n) is 2.25. The Morgan fingerprint density at radius 3 is 2.88 bits per heavy atom. The van der Waals surface area contributed by atoms with E-state index in [4.69, 9.17) is 0 Å². The second kappa shape index (κ2) is 4.70. The Hall–Kier alpha value is -1.97. The Labute approximate surface area is 93.6 Å². The van der Waals surface area contributed by atoms with Gasteiger partial charge in [0.1, 0.15) is 11.6 Å². The van der Waals surface area contributed by atoms with E-state index in [2.05, 4.69) is 9.97 Å². The van der Waals surface area contributed by atoms with Crippen LogP contribution in [0.25, 0.3) is 0 Å². The van der Waals surface area contributed by atoms with E-state index < -0.39 is 0 Å². The van der Waals surface area contributed by atoms with Crippen molar-refractivity contribution in [3.05, 3.63) is 54.2 Å². The van der Waals surface area contributed by atoms with Gasteiger partial charge in [-0.1, -0.05) is 12.1 Å². The van der Waals surface area contributed by atoms with Crippen molar-refractivity contribution in [2.75, 3.05) is 11.9 Å². The highest BCUT2D eigenvalue weighted by molar-refractivity contribution is 5.35. The van der Waals surface area contributed by atoms with Crippen molar-refractivity contribution in [2.24, 2.45) is 0 Å². The quantitative estimate of drug-likeness (QED) is 0.789. The average Bonchev–Trinajstić information content (AvgIpc) is 2.30. The average molecular weight is 217 g/mol. The molecule has 0 aliphatic heterocycles. The lowest BCUT2D eigenvalue weighted by Crippen LogP contribution is -2.17. The zero-order valence-corrected chi connectivity index (χ0v) is 8.97. The van der Waals surface area contributed by atoms with Gasteiger partial charge in [-0.25, -0.2) is 9.37 Å². The molecule has 0 aliphatic rings. The summed E-state index contributed by atoms with van der Waals surface area (Å²) in [5.74, 6) is 0.553. The molecular weight excluding hydrogens is 205 g/mol. The monoisotopic (exact) mass is 217 g/mol. The Bertz CT molecular complexity index is 459. The molecule has 1 aromatic carbocycles. The first kappa shape index (κ1) is 10.5. The topological polar surface area (TPSA) is 29.0 Å². The molecular formula is C12H12FN3. The van der Waals surface area contributed by atoms with Gasteiger partial charge in [0.25, 0.3) is 0 Å². The Balaban J connectivity index is 2.11. The van der Waals surface area contributed by atoms with Gasteiger partial charge >= 0.3 is 0 Å². The second-order valence-electron chi connectivity index (χ2n) is 3.55. The summed E-state index contributed by atoms with van der Waals surface area (Å²) in [6.07, 6.45) is 4.94. The minimum absolute atomic E-state index is 0.218. The standard InChI is InChI=1S/C12H12FN3/c1-16(12-8-14-5-6-15-12)9-10-3-2-4-11(13)7-10/h2-8H,9H2,1H3. The van der Waals surface area contributed by atoms with Crippen molar-refractivity contribution in [1.82, 2.24) is 9.97 Å². The zero-order chi connectivity index (χ0) is 11.4. The van der Waals surface area contributed by atoms with Crippen molar-refractivity contribution in [3.8, 4) is 0 Å². The number of nitrogens with zero attached hydrogens (tertiary/aromatic N) is 3. The van der Waals surface area contributed by atoms with E-state index >= 15 is 0 Å². The Morgan fingerprint density at radius 1 is 1.31 bits per heavy atom. The molecule has 0 aliphatic carbocycles. The van der Waals surface area contributed by atoms with Crippen molar-refractivity contribution < 1.29 is 4.39 Å². The molecule has 0 fully saturated rings. The smallest absolute Gasteiger partial charge is 0.147 e. The largest absolute Gasteiger partial charge is 0.354 e. The minimum Gasteiger partial charge on any atom is -0.354 e. The summed E-state index contributed by atoms with van der Waals surface area (Å²) in [6.45, 7) is 0.608. The molecule has 16 heavy (non-hydrogen) atoms. The van der Waals surface area contributed by atoms with Gasteiger partial charge in [0, 0.05) is 26.0 Å². The van der Waals surface area contributed by atoms with Gasteiger partial charge in [0.05, 0.1) is 6.20 Å². The number of benzene rings is 1. The predicted molar refractivity (Wildman–Crippen MR) is 60.5 cm³/mol. The molecule has 1 aromatic heterocycles. The summed E-state index contributed by atoms with van der Waals surface area (Å²) < 4.78 is 13.0. The third kappa shape index (κ3) is 2.53. The molecule has 2 aromatic rings. The summed E-state index contributed by atoms with van der Waals surface area (Å²) in [7, 11) is 1.90. The van der Waals surface area contributed by atoms with Crippen LogP contribution in [0.2, 0.25) is 0 Å². The molecule has 82 valence electrons. The zero-order valence-electron chi connectivity index (χ0n) is 8.97. The van der Waals surface area contributed by atoms with E-state index in [1.165, 1.54) is 12.1 Å². The molecule has 0 saturated heterocycles. The number of aromatic nitrogens is 2. The molecule has 0 bridgehead atoms. The normalized spacial score (nSPS) is 10.1. The van der Waals surface area contributed by atoms with Crippen LogP contribution < -0.4 is 4.90 Å². The first-order valence-electron chi connectivity index (χ1n) is 4.97. The lowest BCUT2D eigenvalue weighted by molar-refractivity contribution is 0.625. The summed E-state index contributed by atoms with van der Waals surface area (Å²) in [4.78, 5) is 10.1. The molecule has 1 heterocycles. The molecule has 0 unspecified atom stereocenters. The van der Waals surface area contributed by atoms with E-state index in [0.29, 0.717) is 6.54 Å². The Kier molecular flexibility index (Phi) is 3.10. The molecule has 0 saturated carbocycles. The molecule has 0 radical (unpaired) electrons. The Morgan fingerprint density at radius 2 is 2.19 bits per heavy atom. The van der Waals surface area contributed by atoms with Crippen molar-refractivity contribution in [3.63, 3.8) is 0 Å². The fourth-order valence-corrected chi connectivity index (χ4v) is 1.48. The first-order chi connectivity index (χ1) is 7.75. The predicted octanol–water partition coefficient (Wildman–Crippen LogP) is 2.25. The van der Waals surface area contributed by atoms with Crippen LogP contribution in [0.5, 0.6) is 0 Å². The molecule has 2 rings (SSSR count). The van der Waals surface area contributed by atoms with Crippen LogP contribution in [0.1, 0.15) is 5.56 Å². The molecule has 4 heteroatoms. The van der Waals surface area contributed by atoms with E-state index in [9.17, 15) is 4.39 Å². The van der Waals surface area contributed by atoms with Gasteiger partial charge in [-0.2, -0.15) is 0 Å². The van der Waals surface area contributed by atoms with Crippen LogP contribution >= 0.6 is 0 Å². The van der Waals surface area contributed by atoms with E-state index in [1.807, 2.05) is 18.0 Å². The second-order valence-corrected chi connectivity index (χ2v) is 3.55. The molecule has 0 amide bonds. The van der Waals surface area contributed by atoms with E-state index in [0.717, 1.165) is 11.4 Å². The molecule has 0 atom stereocenters. The van der Waals surface area contributed by atoms with Gasteiger partial charge in [0.15, 0.2) is 0 Å². The first-order valence-corrected chi connectivity index (χ1v) is 4.97. The van der Waals surface area contributed by atoms with Crippen LogP contribution in [0.15, 0.2) is 42.9 Å². The lowest BCUT2D eigenvalue weighted by Gasteiger charge is -2.17.